The van der Waals surface area contributed by atoms with Gasteiger partial charge in [0.1, 0.15) is 0 Å². The summed E-state index contributed by atoms with van der Waals surface area (Å²) in [5.41, 5.74) is 0. The van der Waals surface area contributed by atoms with Crippen molar-refractivity contribution in [3.8, 4) is 0 Å². The van der Waals surface area contributed by atoms with Crippen LogP contribution in [0.4, 0.5) is 0 Å². The number of aliphatic carboxylic acids is 1. The lowest BCUT2D eigenvalue weighted by Gasteiger charge is -2.38. The quantitative estimate of drug-likeness (QED) is 0.764. The van der Waals surface area contributed by atoms with E-state index >= 15 is 0 Å². The van der Waals surface area contributed by atoms with Crippen LogP contribution in [0.3, 0.4) is 0 Å². The minimum Gasteiger partial charge on any atom is -0.481 e. The van der Waals surface area contributed by atoms with E-state index in [0.717, 1.165) is 19.5 Å². The molecule has 2 unspecified atom stereocenters. The van der Waals surface area contributed by atoms with Crippen molar-refractivity contribution < 1.29 is 14.7 Å². The van der Waals surface area contributed by atoms with Crippen LogP contribution in [-0.2, 0) is 9.59 Å². The van der Waals surface area contributed by atoms with Crippen molar-refractivity contribution in [3.63, 3.8) is 0 Å². The van der Waals surface area contributed by atoms with Crippen LogP contribution in [0.15, 0.2) is 0 Å². The molecule has 1 aliphatic heterocycles. The minimum absolute atomic E-state index is 0.0800. The average Bonchev–Trinajstić information content (AvgIpc) is 2.33. The van der Waals surface area contributed by atoms with Gasteiger partial charge >= 0.3 is 5.97 Å². The summed E-state index contributed by atoms with van der Waals surface area (Å²) in [5.74, 6) is 0.187. The molecule has 0 aromatic carbocycles. The molecular formula is C14H26N2O3. The standard InChI is InChI=1S/C14H26N2O3/c1-10(2)7-15-13-6-12(4-5-14(18)19)8-16(9-13)11(3)17/h10,12-13,15H,4-9H2,1-3H3,(H,18,19). The van der Waals surface area contributed by atoms with E-state index in [0.29, 0.717) is 30.8 Å². The summed E-state index contributed by atoms with van der Waals surface area (Å²) in [5, 5.41) is 12.2. The maximum atomic E-state index is 11.5. The molecule has 19 heavy (non-hydrogen) atoms. The fraction of sp³-hybridized carbons (Fsp3) is 0.857. The van der Waals surface area contributed by atoms with Gasteiger partial charge < -0.3 is 15.3 Å². The van der Waals surface area contributed by atoms with Gasteiger partial charge in [0.2, 0.25) is 5.91 Å². The highest BCUT2D eigenvalue weighted by Crippen LogP contribution is 2.21. The monoisotopic (exact) mass is 270 g/mol. The van der Waals surface area contributed by atoms with Gasteiger partial charge in [0.25, 0.3) is 0 Å². The number of carbonyl (C=O) groups is 2. The van der Waals surface area contributed by atoms with Crippen LogP contribution < -0.4 is 5.32 Å². The van der Waals surface area contributed by atoms with Gasteiger partial charge in [0.15, 0.2) is 0 Å². The molecule has 5 heteroatoms. The normalized spacial score (nSPS) is 23.7. The highest BCUT2D eigenvalue weighted by Gasteiger charge is 2.28. The Morgan fingerprint density at radius 1 is 1.37 bits per heavy atom. The largest absolute Gasteiger partial charge is 0.481 e. The lowest BCUT2D eigenvalue weighted by molar-refractivity contribution is -0.137. The molecular weight excluding hydrogens is 244 g/mol. The van der Waals surface area contributed by atoms with Crippen molar-refractivity contribution in [1.82, 2.24) is 10.2 Å². The zero-order chi connectivity index (χ0) is 14.4. The van der Waals surface area contributed by atoms with Gasteiger partial charge in [-0.1, -0.05) is 13.8 Å². The van der Waals surface area contributed by atoms with Crippen molar-refractivity contribution in [3.05, 3.63) is 0 Å². The number of carbonyl (C=O) groups excluding carboxylic acids is 1. The molecule has 0 bridgehead atoms. The molecule has 110 valence electrons. The lowest BCUT2D eigenvalue weighted by atomic mass is 9.90. The maximum Gasteiger partial charge on any atom is 0.303 e. The number of nitrogens with one attached hydrogen (secondary N) is 1. The van der Waals surface area contributed by atoms with Gasteiger partial charge in [-0.05, 0) is 31.2 Å². The molecule has 2 N–H and O–H groups in total. The Balaban J connectivity index is 2.52. The topological polar surface area (TPSA) is 69.6 Å². The first-order valence-electron chi connectivity index (χ1n) is 7.09. The minimum atomic E-state index is -0.758. The van der Waals surface area contributed by atoms with Crippen molar-refractivity contribution in [2.75, 3.05) is 19.6 Å². The number of amides is 1. The van der Waals surface area contributed by atoms with Gasteiger partial charge in [-0.3, -0.25) is 9.59 Å². The lowest BCUT2D eigenvalue weighted by Crippen LogP contribution is -2.51. The fourth-order valence-electron chi connectivity index (χ4n) is 2.55. The molecule has 1 fully saturated rings. The Morgan fingerprint density at radius 2 is 2.05 bits per heavy atom. The van der Waals surface area contributed by atoms with Crippen LogP contribution in [0.25, 0.3) is 0 Å². The summed E-state index contributed by atoms with van der Waals surface area (Å²) in [6.45, 7) is 8.26. The first-order chi connectivity index (χ1) is 8.88. The van der Waals surface area contributed by atoms with Crippen molar-refractivity contribution in [1.29, 1.82) is 0 Å². The zero-order valence-corrected chi connectivity index (χ0v) is 12.2. The van der Waals surface area contributed by atoms with Gasteiger partial charge in [-0.2, -0.15) is 0 Å². The number of piperidine rings is 1. The van der Waals surface area contributed by atoms with E-state index in [-0.39, 0.29) is 12.3 Å². The van der Waals surface area contributed by atoms with Crippen LogP contribution in [0.2, 0.25) is 0 Å². The molecule has 2 atom stereocenters. The molecule has 0 aromatic heterocycles. The van der Waals surface area contributed by atoms with Crippen LogP contribution in [0, 0.1) is 11.8 Å². The van der Waals surface area contributed by atoms with Crippen LogP contribution in [-0.4, -0.2) is 47.6 Å². The second kappa shape index (κ2) is 7.48. The Labute approximate surface area is 115 Å². The smallest absolute Gasteiger partial charge is 0.303 e. The number of likely N-dealkylation sites (tertiary alicyclic amines) is 1. The maximum absolute atomic E-state index is 11.5. The second-order valence-corrected chi connectivity index (χ2v) is 5.96. The van der Waals surface area contributed by atoms with E-state index in [2.05, 4.69) is 19.2 Å². The molecule has 1 heterocycles. The molecule has 1 saturated heterocycles. The van der Waals surface area contributed by atoms with Gasteiger partial charge in [0, 0.05) is 32.5 Å². The van der Waals surface area contributed by atoms with Crippen molar-refractivity contribution in [2.45, 2.75) is 46.1 Å². The number of hydrogen-bond acceptors (Lipinski definition) is 3. The van der Waals surface area contributed by atoms with Crippen LogP contribution in [0.1, 0.15) is 40.0 Å². The predicted molar refractivity (Wildman–Crippen MR) is 73.9 cm³/mol. The first-order valence-corrected chi connectivity index (χ1v) is 7.09. The molecule has 1 rings (SSSR count). The SMILES string of the molecule is CC(=O)N1CC(CCC(=O)O)CC(NCC(C)C)C1. The van der Waals surface area contributed by atoms with Crippen molar-refractivity contribution >= 4 is 11.9 Å². The van der Waals surface area contributed by atoms with Crippen LogP contribution >= 0.6 is 0 Å². The third-order valence-corrected chi connectivity index (χ3v) is 3.56. The Bertz CT molecular complexity index is 318. The predicted octanol–water partition coefficient (Wildman–Crippen LogP) is 1.33. The third kappa shape index (κ3) is 6.05. The molecule has 0 radical (unpaired) electrons. The summed E-state index contributed by atoms with van der Waals surface area (Å²) in [6.07, 6.45) is 1.80. The summed E-state index contributed by atoms with van der Waals surface area (Å²) in [4.78, 5) is 24.0. The van der Waals surface area contributed by atoms with Crippen LogP contribution in [0.5, 0.6) is 0 Å². The summed E-state index contributed by atoms with van der Waals surface area (Å²) >= 11 is 0. The number of hydrogen-bond donors (Lipinski definition) is 2. The van der Waals surface area contributed by atoms with E-state index in [1.54, 1.807) is 6.92 Å². The van der Waals surface area contributed by atoms with E-state index in [1.807, 2.05) is 4.90 Å². The Morgan fingerprint density at radius 3 is 2.58 bits per heavy atom. The molecule has 0 saturated carbocycles. The van der Waals surface area contributed by atoms with E-state index < -0.39 is 5.97 Å². The molecule has 1 aliphatic rings. The first kappa shape index (κ1) is 16.0. The Hall–Kier alpha value is -1.10. The highest BCUT2D eigenvalue weighted by atomic mass is 16.4. The van der Waals surface area contributed by atoms with E-state index in [1.165, 1.54) is 0 Å². The second-order valence-electron chi connectivity index (χ2n) is 5.96. The van der Waals surface area contributed by atoms with E-state index in [4.69, 9.17) is 5.11 Å². The molecule has 5 nitrogen and oxygen atoms in total. The number of nitrogens with zero attached hydrogens (tertiary/aromatic N) is 1. The summed E-state index contributed by atoms with van der Waals surface area (Å²) < 4.78 is 0. The molecule has 1 amide bonds. The van der Waals surface area contributed by atoms with E-state index in [9.17, 15) is 9.59 Å². The third-order valence-electron chi connectivity index (χ3n) is 3.56. The molecule has 0 aromatic rings. The zero-order valence-electron chi connectivity index (χ0n) is 12.2. The Kier molecular flexibility index (Phi) is 6.28. The molecule has 0 aliphatic carbocycles. The number of carboxylic acid groups (broad SMARTS) is 1. The van der Waals surface area contributed by atoms with Gasteiger partial charge in [0.05, 0.1) is 0 Å². The summed E-state index contributed by atoms with van der Waals surface area (Å²) in [7, 11) is 0. The fourth-order valence-corrected chi connectivity index (χ4v) is 2.55. The average molecular weight is 270 g/mol. The molecule has 0 spiro atoms. The highest BCUT2D eigenvalue weighted by molar-refractivity contribution is 5.73. The van der Waals surface area contributed by atoms with Gasteiger partial charge in [-0.15, -0.1) is 0 Å². The van der Waals surface area contributed by atoms with Gasteiger partial charge in [-0.25, -0.2) is 0 Å². The number of carboxylic acids is 1. The summed E-state index contributed by atoms with van der Waals surface area (Å²) in [6, 6.07) is 0.291. The van der Waals surface area contributed by atoms with Crippen molar-refractivity contribution in [2.24, 2.45) is 11.8 Å². The number of rotatable bonds is 6.